The molecule has 0 bridgehead atoms. The summed E-state index contributed by atoms with van der Waals surface area (Å²) in [6.45, 7) is 0. The highest BCUT2D eigenvalue weighted by Gasteiger charge is 2.42. The van der Waals surface area contributed by atoms with E-state index in [1.54, 1.807) is 12.1 Å². The largest absolute Gasteiger partial charge is 0.480 e. The Balaban J connectivity index is 2.18. The number of halogens is 1. The van der Waals surface area contributed by atoms with Crippen molar-refractivity contribution in [2.24, 2.45) is 0 Å². The maximum absolute atomic E-state index is 12.0. The van der Waals surface area contributed by atoms with Gasteiger partial charge in [0.1, 0.15) is 10.1 Å². The highest BCUT2D eigenvalue weighted by atomic mass is 79.9. The van der Waals surface area contributed by atoms with E-state index in [4.69, 9.17) is 0 Å². The highest BCUT2D eigenvalue weighted by molar-refractivity contribution is 9.10. The predicted molar refractivity (Wildman–Crippen MR) is 68.2 cm³/mol. The lowest BCUT2D eigenvalue weighted by Gasteiger charge is -2.25. The Morgan fingerprint density at radius 1 is 1.39 bits per heavy atom. The normalized spacial score (nSPS) is 17.4. The van der Waals surface area contributed by atoms with Crippen LogP contribution in [0.1, 0.15) is 36.0 Å². The van der Waals surface area contributed by atoms with Gasteiger partial charge in [0.25, 0.3) is 5.91 Å². The van der Waals surface area contributed by atoms with Crippen LogP contribution < -0.4 is 5.32 Å². The van der Waals surface area contributed by atoms with Crippen LogP contribution in [0.4, 0.5) is 0 Å². The van der Waals surface area contributed by atoms with Gasteiger partial charge in [0, 0.05) is 11.8 Å². The van der Waals surface area contributed by atoms with Crippen LogP contribution in [0.2, 0.25) is 0 Å². The number of nitrogens with one attached hydrogen (secondary N) is 1. The second-order valence-corrected chi connectivity index (χ2v) is 5.23. The molecule has 0 unspecified atom stereocenters. The average Bonchev–Trinajstić information content (AvgIpc) is 2.79. The first kappa shape index (κ1) is 13.0. The molecule has 1 heterocycles. The molecule has 1 aromatic heterocycles. The predicted octanol–water partition coefficient (Wildman–Crippen LogP) is 1.97. The fraction of sp³-hybridized carbons (Fsp3) is 0.417. The second-order valence-electron chi connectivity index (χ2n) is 4.42. The Morgan fingerprint density at radius 3 is 2.61 bits per heavy atom. The molecule has 1 fully saturated rings. The molecule has 1 amide bonds. The van der Waals surface area contributed by atoms with E-state index in [1.807, 2.05) is 0 Å². The van der Waals surface area contributed by atoms with Crippen LogP contribution in [-0.2, 0) is 4.79 Å². The van der Waals surface area contributed by atoms with Gasteiger partial charge in [-0.25, -0.2) is 9.78 Å². The number of rotatable bonds is 3. The zero-order valence-electron chi connectivity index (χ0n) is 9.65. The topological polar surface area (TPSA) is 79.3 Å². The van der Waals surface area contributed by atoms with Gasteiger partial charge in [-0.2, -0.15) is 0 Å². The lowest BCUT2D eigenvalue weighted by atomic mass is 9.97. The summed E-state index contributed by atoms with van der Waals surface area (Å²) >= 11 is 3.18. The van der Waals surface area contributed by atoms with Crippen molar-refractivity contribution in [3.05, 3.63) is 28.5 Å². The summed E-state index contributed by atoms with van der Waals surface area (Å²) in [6.07, 6.45) is 4.13. The maximum atomic E-state index is 12.0. The quantitative estimate of drug-likeness (QED) is 0.836. The lowest BCUT2D eigenvalue weighted by Crippen LogP contribution is -2.52. The molecule has 1 saturated carbocycles. The molecule has 5 nitrogen and oxygen atoms in total. The number of carboxylic acid groups (broad SMARTS) is 1. The van der Waals surface area contributed by atoms with Crippen LogP contribution in [0.15, 0.2) is 22.9 Å². The first-order valence-corrected chi connectivity index (χ1v) is 6.50. The molecule has 2 N–H and O–H groups in total. The minimum atomic E-state index is -1.10. The Hall–Kier alpha value is -1.43. The Bertz CT molecular complexity index is 484. The average molecular weight is 313 g/mol. The Kier molecular flexibility index (Phi) is 3.65. The van der Waals surface area contributed by atoms with Crippen LogP contribution in [0, 0.1) is 0 Å². The van der Waals surface area contributed by atoms with E-state index in [2.05, 4.69) is 26.2 Å². The number of carbonyl (C=O) groups excluding carboxylic acids is 1. The molecule has 0 atom stereocenters. The standard InChI is InChI=1S/C12H13BrN2O3/c13-9-7-8(3-6-14-9)10(16)15-12(11(17)18)4-1-2-5-12/h3,6-7H,1-2,4-5H2,(H,15,16)(H,17,18). The monoisotopic (exact) mass is 312 g/mol. The van der Waals surface area contributed by atoms with Gasteiger partial charge < -0.3 is 10.4 Å². The van der Waals surface area contributed by atoms with Crippen LogP contribution in [0.5, 0.6) is 0 Å². The number of amides is 1. The molecule has 1 aromatic rings. The Labute approximate surface area is 113 Å². The van der Waals surface area contributed by atoms with Crippen molar-refractivity contribution in [3.63, 3.8) is 0 Å². The third kappa shape index (κ3) is 2.53. The molecule has 96 valence electrons. The number of hydrogen-bond acceptors (Lipinski definition) is 3. The molecule has 0 aliphatic heterocycles. The molecular weight excluding hydrogens is 300 g/mol. The van der Waals surface area contributed by atoms with E-state index >= 15 is 0 Å². The SMILES string of the molecule is O=C(NC1(C(=O)O)CCCC1)c1ccnc(Br)c1. The van der Waals surface area contributed by atoms with Gasteiger partial charge in [0.15, 0.2) is 0 Å². The lowest BCUT2D eigenvalue weighted by molar-refractivity contribution is -0.144. The van der Waals surface area contributed by atoms with E-state index in [1.165, 1.54) is 6.20 Å². The van der Waals surface area contributed by atoms with Crippen molar-refractivity contribution >= 4 is 27.8 Å². The maximum Gasteiger partial charge on any atom is 0.329 e. The number of carboxylic acids is 1. The molecule has 6 heteroatoms. The van der Waals surface area contributed by atoms with Gasteiger partial charge in [0.05, 0.1) is 0 Å². The number of aliphatic carboxylic acids is 1. The molecule has 0 saturated heterocycles. The second kappa shape index (κ2) is 5.06. The van der Waals surface area contributed by atoms with Crippen LogP contribution in [-0.4, -0.2) is 27.5 Å². The van der Waals surface area contributed by atoms with Crippen LogP contribution in [0.3, 0.4) is 0 Å². The summed E-state index contributed by atoms with van der Waals surface area (Å²) < 4.78 is 0.547. The zero-order valence-corrected chi connectivity index (χ0v) is 11.2. The van der Waals surface area contributed by atoms with E-state index in [0.29, 0.717) is 23.0 Å². The fourth-order valence-electron chi connectivity index (χ4n) is 2.20. The van der Waals surface area contributed by atoms with Crippen molar-refractivity contribution in [3.8, 4) is 0 Å². The van der Waals surface area contributed by atoms with Crippen molar-refractivity contribution in [2.45, 2.75) is 31.2 Å². The van der Waals surface area contributed by atoms with Crippen molar-refractivity contribution in [2.75, 3.05) is 0 Å². The van der Waals surface area contributed by atoms with E-state index in [0.717, 1.165) is 12.8 Å². The van der Waals surface area contributed by atoms with Gasteiger partial charge >= 0.3 is 5.97 Å². The van der Waals surface area contributed by atoms with Gasteiger partial charge in [-0.05, 0) is 40.9 Å². The van der Waals surface area contributed by atoms with Crippen LogP contribution >= 0.6 is 15.9 Å². The summed E-state index contributed by atoms with van der Waals surface area (Å²) in [5.41, 5.74) is -0.697. The molecule has 1 aliphatic rings. The van der Waals surface area contributed by atoms with Crippen molar-refractivity contribution < 1.29 is 14.7 Å². The minimum Gasteiger partial charge on any atom is -0.480 e. The zero-order chi connectivity index (χ0) is 13.2. The molecular formula is C12H13BrN2O3. The van der Waals surface area contributed by atoms with E-state index < -0.39 is 11.5 Å². The first-order chi connectivity index (χ1) is 8.53. The van der Waals surface area contributed by atoms with Gasteiger partial charge in [-0.3, -0.25) is 4.79 Å². The fourth-order valence-corrected chi connectivity index (χ4v) is 2.57. The molecule has 18 heavy (non-hydrogen) atoms. The third-order valence-corrected chi connectivity index (χ3v) is 3.64. The molecule has 0 spiro atoms. The molecule has 2 rings (SSSR count). The minimum absolute atomic E-state index is 0.373. The summed E-state index contributed by atoms with van der Waals surface area (Å²) in [5, 5.41) is 11.9. The number of pyridine rings is 1. The summed E-state index contributed by atoms with van der Waals surface area (Å²) in [5.74, 6) is -1.33. The number of aromatic nitrogens is 1. The van der Waals surface area contributed by atoms with Crippen molar-refractivity contribution in [1.29, 1.82) is 0 Å². The molecule has 1 aliphatic carbocycles. The van der Waals surface area contributed by atoms with Gasteiger partial charge in [-0.15, -0.1) is 0 Å². The number of hydrogen-bond donors (Lipinski definition) is 2. The first-order valence-electron chi connectivity index (χ1n) is 5.71. The molecule has 0 radical (unpaired) electrons. The summed E-state index contributed by atoms with van der Waals surface area (Å²) in [4.78, 5) is 27.3. The van der Waals surface area contributed by atoms with Gasteiger partial charge in [0.2, 0.25) is 0 Å². The molecule has 0 aromatic carbocycles. The van der Waals surface area contributed by atoms with Gasteiger partial charge in [-0.1, -0.05) is 12.8 Å². The van der Waals surface area contributed by atoms with E-state index in [9.17, 15) is 14.7 Å². The third-order valence-electron chi connectivity index (χ3n) is 3.21. The highest BCUT2D eigenvalue weighted by Crippen LogP contribution is 2.30. The Morgan fingerprint density at radius 2 is 2.06 bits per heavy atom. The van der Waals surface area contributed by atoms with Crippen LogP contribution in [0.25, 0.3) is 0 Å². The smallest absolute Gasteiger partial charge is 0.329 e. The number of nitrogens with zero attached hydrogens (tertiary/aromatic N) is 1. The number of carbonyl (C=O) groups is 2. The summed E-state index contributed by atoms with van der Waals surface area (Å²) in [6, 6.07) is 3.13. The van der Waals surface area contributed by atoms with E-state index in [-0.39, 0.29) is 5.91 Å². The van der Waals surface area contributed by atoms with Crippen molar-refractivity contribution in [1.82, 2.24) is 10.3 Å². The summed E-state index contributed by atoms with van der Waals surface area (Å²) in [7, 11) is 0.